The van der Waals surface area contributed by atoms with Gasteiger partial charge in [-0.2, -0.15) is 0 Å². The first-order chi connectivity index (χ1) is 15.8. The van der Waals surface area contributed by atoms with E-state index >= 15 is 0 Å². The van der Waals surface area contributed by atoms with Gasteiger partial charge < -0.3 is 16.0 Å². The summed E-state index contributed by atoms with van der Waals surface area (Å²) in [5.41, 5.74) is 9.37. The van der Waals surface area contributed by atoms with Crippen LogP contribution in [0.2, 0.25) is 10.0 Å². The molecule has 3 aromatic carbocycles. The van der Waals surface area contributed by atoms with E-state index in [1.807, 2.05) is 63.2 Å². The molecule has 0 saturated heterocycles. The zero-order valence-corrected chi connectivity index (χ0v) is 20.7. The lowest BCUT2D eigenvalue weighted by atomic mass is 10.1. The summed E-state index contributed by atoms with van der Waals surface area (Å²) in [5.74, 6) is -0.706. The Labute approximate surface area is 205 Å². The fraction of sp³-hybridized carbons (Fsp3) is 0.269. The molecule has 0 aliphatic heterocycles. The van der Waals surface area contributed by atoms with Crippen LogP contribution in [-0.2, 0) is 6.42 Å². The van der Waals surface area contributed by atoms with Gasteiger partial charge in [0.2, 0.25) is 0 Å². The zero-order valence-electron chi connectivity index (χ0n) is 19.2. The van der Waals surface area contributed by atoms with Crippen LogP contribution in [0.4, 0.5) is 15.8 Å². The molecule has 0 bridgehead atoms. The predicted octanol–water partition coefficient (Wildman–Crippen LogP) is 6.85. The monoisotopic (exact) mass is 489 g/mol. The molecule has 33 heavy (non-hydrogen) atoms. The summed E-state index contributed by atoms with van der Waals surface area (Å²) in [6.45, 7) is 7.44. The molecule has 3 N–H and O–H groups in total. The molecule has 0 aliphatic rings. The summed E-state index contributed by atoms with van der Waals surface area (Å²) in [4.78, 5) is 14.9. The number of hydrogen-bond donors (Lipinski definition) is 2. The highest BCUT2D eigenvalue weighted by atomic mass is 35.5. The van der Waals surface area contributed by atoms with Crippen molar-refractivity contribution in [3.8, 4) is 0 Å². The Hall–Kier alpha value is -2.76. The molecule has 0 unspecified atom stereocenters. The number of rotatable bonds is 8. The molecular formula is C26H30Cl2FN3O. The van der Waals surface area contributed by atoms with Gasteiger partial charge in [0.05, 0.1) is 5.56 Å². The maximum Gasteiger partial charge on any atom is 0.256 e. The van der Waals surface area contributed by atoms with Gasteiger partial charge in [-0.25, -0.2) is 4.39 Å². The maximum atomic E-state index is 13.4. The van der Waals surface area contributed by atoms with E-state index in [1.165, 1.54) is 18.2 Å². The lowest BCUT2D eigenvalue weighted by Crippen LogP contribution is -2.37. The normalized spacial score (nSPS) is 10.2. The van der Waals surface area contributed by atoms with Crippen molar-refractivity contribution in [1.82, 2.24) is 4.90 Å². The first kappa shape index (κ1) is 26.5. The van der Waals surface area contributed by atoms with Gasteiger partial charge in [-0.1, -0.05) is 49.2 Å². The van der Waals surface area contributed by atoms with Crippen molar-refractivity contribution in [3.05, 3.63) is 93.2 Å². The summed E-state index contributed by atoms with van der Waals surface area (Å²) in [6.07, 6.45) is 0.657. The second kappa shape index (κ2) is 13.1. The van der Waals surface area contributed by atoms with Crippen LogP contribution >= 0.6 is 23.2 Å². The lowest BCUT2D eigenvalue weighted by Gasteiger charge is -2.24. The van der Waals surface area contributed by atoms with E-state index in [1.54, 1.807) is 4.90 Å². The van der Waals surface area contributed by atoms with Crippen LogP contribution in [0.5, 0.6) is 0 Å². The SMILES string of the molecule is CC.Cc1cc(Cl)ccc1NCCN(CCc1ccc(Cl)cc1)C(=O)c1ccc(F)cc1N. The second-order valence-corrected chi connectivity index (χ2v) is 8.16. The van der Waals surface area contributed by atoms with Crippen LogP contribution in [-0.4, -0.2) is 30.4 Å². The third kappa shape index (κ3) is 7.95. The highest BCUT2D eigenvalue weighted by Gasteiger charge is 2.18. The minimum atomic E-state index is -0.471. The van der Waals surface area contributed by atoms with Crippen LogP contribution in [0, 0.1) is 12.7 Å². The largest absolute Gasteiger partial charge is 0.398 e. The van der Waals surface area contributed by atoms with Crippen molar-refractivity contribution in [1.29, 1.82) is 0 Å². The Morgan fingerprint density at radius 2 is 1.64 bits per heavy atom. The van der Waals surface area contributed by atoms with E-state index < -0.39 is 5.82 Å². The van der Waals surface area contributed by atoms with Gasteiger partial charge in [0.25, 0.3) is 5.91 Å². The Morgan fingerprint density at radius 1 is 0.970 bits per heavy atom. The highest BCUT2D eigenvalue weighted by Crippen LogP contribution is 2.20. The van der Waals surface area contributed by atoms with E-state index in [0.717, 1.165) is 16.8 Å². The van der Waals surface area contributed by atoms with Crippen molar-refractivity contribution in [2.24, 2.45) is 0 Å². The van der Waals surface area contributed by atoms with E-state index in [0.29, 0.717) is 41.7 Å². The number of nitrogen functional groups attached to an aromatic ring is 1. The summed E-state index contributed by atoms with van der Waals surface area (Å²) in [6, 6.07) is 17.0. The summed E-state index contributed by atoms with van der Waals surface area (Å²) < 4.78 is 13.4. The summed E-state index contributed by atoms with van der Waals surface area (Å²) in [5, 5.41) is 4.69. The molecule has 0 fully saturated rings. The molecule has 0 heterocycles. The fourth-order valence-electron chi connectivity index (χ4n) is 3.28. The van der Waals surface area contributed by atoms with Crippen LogP contribution in [0.15, 0.2) is 60.7 Å². The van der Waals surface area contributed by atoms with Crippen LogP contribution < -0.4 is 11.1 Å². The minimum Gasteiger partial charge on any atom is -0.398 e. The number of nitrogens with zero attached hydrogens (tertiary/aromatic N) is 1. The van der Waals surface area contributed by atoms with Crippen LogP contribution in [0.25, 0.3) is 0 Å². The Bertz CT molecular complexity index is 1060. The topological polar surface area (TPSA) is 58.4 Å². The van der Waals surface area contributed by atoms with Crippen molar-refractivity contribution >= 4 is 40.5 Å². The number of carbonyl (C=O) groups excluding carboxylic acids is 1. The Morgan fingerprint density at radius 3 is 2.27 bits per heavy atom. The summed E-state index contributed by atoms with van der Waals surface area (Å²) in [7, 11) is 0. The Balaban J connectivity index is 0.00000187. The third-order valence-electron chi connectivity index (χ3n) is 5.00. The molecule has 4 nitrogen and oxygen atoms in total. The first-order valence-electron chi connectivity index (χ1n) is 10.9. The quantitative estimate of drug-likeness (QED) is 0.340. The highest BCUT2D eigenvalue weighted by molar-refractivity contribution is 6.30. The molecule has 0 spiro atoms. The number of aryl methyl sites for hydroxylation is 1. The number of halogens is 3. The van der Waals surface area contributed by atoms with Crippen molar-refractivity contribution in [2.45, 2.75) is 27.2 Å². The maximum absolute atomic E-state index is 13.4. The van der Waals surface area contributed by atoms with Crippen molar-refractivity contribution in [3.63, 3.8) is 0 Å². The van der Waals surface area contributed by atoms with Crippen LogP contribution in [0.1, 0.15) is 35.3 Å². The Kier molecular flexibility index (Phi) is 10.5. The first-order valence-corrected chi connectivity index (χ1v) is 11.7. The number of amides is 1. The molecule has 3 rings (SSSR count). The molecule has 7 heteroatoms. The third-order valence-corrected chi connectivity index (χ3v) is 5.49. The number of hydrogen-bond acceptors (Lipinski definition) is 3. The standard InChI is InChI=1S/C24H24Cl2FN3O.C2H6/c1-16-14-19(26)6-9-23(16)29-11-13-30(12-10-17-2-4-18(25)5-3-17)24(31)21-8-7-20(27)15-22(21)28;1-2/h2-9,14-15,29H,10-13,28H2,1H3;1-2H3. The van der Waals surface area contributed by atoms with E-state index in [4.69, 9.17) is 28.9 Å². The molecule has 3 aromatic rings. The molecule has 0 atom stereocenters. The fourth-order valence-corrected chi connectivity index (χ4v) is 3.63. The van der Waals surface area contributed by atoms with Gasteiger partial charge in [-0.15, -0.1) is 0 Å². The average Bonchev–Trinajstić information content (AvgIpc) is 2.79. The van der Waals surface area contributed by atoms with E-state index in [2.05, 4.69) is 5.32 Å². The van der Waals surface area contributed by atoms with Crippen molar-refractivity contribution in [2.75, 3.05) is 30.7 Å². The van der Waals surface area contributed by atoms with E-state index in [9.17, 15) is 9.18 Å². The summed E-state index contributed by atoms with van der Waals surface area (Å²) >= 11 is 12.0. The van der Waals surface area contributed by atoms with Gasteiger partial charge in [0, 0.05) is 41.1 Å². The molecule has 0 aliphatic carbocycles. The van der Waals surface area contributed by atoms with Gasteiger partial charge in [0.15, 0.2) is 0 Å². The zero-order chi connectivity index (χ0) is 24.4. The lowest BCUT2D eigenvalue weighted by molar-refractivity contribution is 0.0765. The molecule has 176 valence electrons. The van der Waals surface area contributed by atoms with Gasteiger partial charge in [0.1, 0.15) is 5.82 Å². The van der Waals surface area contributed by atoms with Gasteiger partial charge in [-0.05, 0) is 73.0 Å². The number of benzene rings is 3. The predicted molar refractivity (Wildman–Crippen MR) is 138 cm³/mol. The second-order valence-electron chi connectivity index (χ2n) is 7.29. The molecule has 0 saturated carbocycles. The minimum absolute atomic E-state index is 0.128. The molecule has 0 radical (unpaired) electrons. The number of nitrogens with two attached hydrogens (primary N) is 1. The van der Waals surface area contributed by atoms with E-state index in [-0.39, 0.29) is 11.6 Å². The molecular weight excluding hydrogens is 460 g/mol. The average molecular weight is 490 g/mol. The van der Waals surface area contributed by atoms with Gasteiger partial charge >= 0.3 is 0 Å². The number of carbonyl (C=O) groups is 1. The van der Waals surface area contributed by atoms with Crippen molar-refractivity contribution < 1.29 is 9.18 Å². The number of anilines is 2. The smallest absolute Gasteiger partial charge is 0.256 e. The van der Waals surface area contributed by atoms with Gasteiger partial charge in [-0.3, -0.25) is 4.79 Å². The van der Waals surface area contributed by atoms with Crippen LogP contribution in [0.3, 0.4) is 0 Å². The molecule has 0 aromatic heterocycles. The molecule has 1 amide bonds. The number of nitrogens with one attached hydrogen (secondary N) is 1.